The molecule has 0 aromatic rings. The maximum absolute atomic E-state index is 11.1. The van der Waals surface area contributed by atoms with Gasteiger partial charge in [-0.2, -0.15) is 0 Å². The summed E-state index contributed by atoms with van der Waals surface area (Å²) in [6.07, 6.45) is 2.36. The lowest BCUT2D eigenvalue weighted by Crippen LogP contribution is -2.31. The molecule has 0 aliphatic rings. The van der Waals surface area contributed by atoms with Gasteiger partial charge in [0.25, 0.3) is 0 Å². The molecule has 0 heterocycles. The Morgan fingerprint density at radius 2 is 1.86 bits per heavy atom. The molecule has 0 unspecified atom stereocenters. The van der Waals surface area contributed by atoms with Crippen molar-refractivity contribution in [3.8, 4) is 0 Å². The highest BCUT2D eigenvalue weighted by Crippen LogP contribution is 2.04. The molecule has 0 fully saturated rings. The quantitative estimate of drug-likeness (QED) is 0.442. The van der Waals surface area contributed by atoms with Crippen LogP contribution in [-0.2, 0) is 9.59 Å². The van der Waals surface area contributed by atoms with Gasteiger partial charge >= 0.3 is 0 Å². The van der Waals surface area contributed by atoms with E-state index in [1.165, 1.54) is 0 Å². The normalized spacial score (nSPS) is 12.5. The SMILES string of the molecule is CCCCCCC(=O)C(=O)[C@@H](O)CO. The smallest absolute Gasteiger partial charge is 0.229 e. The van der Waals surface area contributed by atoms with Crippen molar-refractivity contribution in [1.29, 1.82) is 0 Å². The number of unbranched alkanes of at least 4 members (excludes halogenated alkanes) is 3. The first-order chi connectivity index (χ1) is 6.63. The molecule has 0 amide bonds. The van der Waals surface area contributed by atoms with Gasteiger partial charge in [-0.3, -0.25) is 9.59 Å². The van der Waals surface area contributed by atoms with Crippen molar-refractivity contribution >= 4 is 11.6 Å². The number of carbonyl (C=O) groups is 2. The Morgan fingerprint density at radius 1 is 1.21 bits per heavy atom. The Kier molecular flexibility index (Phi) is 7.24. The molecule has 0 aromatic heterocycles. The van der Waals surface area contributed by atoms with Crippen LogP contribution in [0.2, 0.25) is 0 Å². The molecule has 0 saturated heterocycles. The maximum atomic E-state index is 11.1. The molecule has 0 rings (SSSR count). The van der Waals surface area contributed by atoms with E-state index in [-0.39, 0.29) is 6.42 Å². The van der Waals surface area contributed by atoms with E-state index in [1.54, 1.807) is 0 Å². The van der Waals surface area contributed by atoms with Gasteiger partial charge in [-0.15, -0.1) is 0 Å². The lowest BCUT2D eigenvalue weighted by Gasteiger charge is -2.04. The summed E-state index contributed by atoms with van der Waals surface area (Å²) in [7, 11) is 0. The molecule has 14 heavy (non-hydrogen) atoms. The summed E-state index contributed by atoms with van der Waals surface area (Å²) in [6.45, 7) is 1.38. The lowest BCUT2D eigenvalue weighted by molar-refractivity contribution is -0.142. The fourth-order valence-corrected chi connectivity index (χ4v) is 1.10. The molecule has 0 aliphatic heterocycles. The Hall–Kier alpha value is -0.740. The zero-order chi connectivity index (χ0) is 11.0. The molecular formula is C10H18O4. The lowest BCUT2D eigenvalue weighted by atomic mass is 10.1. The van der Waals surface area contributed by atoms with E-state index in [9.17, 15) is 9.59 Å². The molecule has 0 bridgehead atoms. The molecule has 0 radical (unpaired) electrons. The Labute approximate surface area is 83.9 Å². The first-order valence-electron chi connectivity index (χ1n) is 4.99. The summed E-state index contributed by atoms with van der Waals surface area (Å²) < 4.78 is 0. The Bertz CT molecular complexity index is 189. The number of rotatable bonds is 8. The zero-order valence-corrected chi connectivity index (χ0v) is 8.53. The van der Waals surface area contributed by atoms with E-state index < -0.39 is 24.3 Å². The van der Waals surface area contributed by atoms with Crippen LogP contribution in [-0.4, -0.2) is 34.5 Å². The molecule has 1 atom stereocenters. The van der Waals surface area contributed by atoms with E-state index in [1.807, 2.05) is 0 Å². The summed E-state index contributed by atoms with van der Waals surface area (Å²) in [5.41, 5.74) is 0. The van der Waals surface area contributed by atoms with Gasteiger partial charge in [-0.1, -0.05) is 26.2 Å². The second-order valence-corrected chi connectivity index (χ2v) is 3.30. The molecule has 0 aromatic carbocycles. The van der Waals surface area contributed by atoms with E-state index in [2.05, 4.69) is 6.92 Å². The largest absolute Gasteiger partial charge is 0.393 e. The van der Waals surface area contributed by atoms with Crippen molar-refractivity contribution in [2.45, 2.75) is 45.1 Å². The third kappa shape index (κ3) is 5.09. The van der Waals surface area contributed by atoms with Gasteiger partial charge in [0.15, 0.2) is 0 Å². The minimum atomic E-state index is -1.53. The van der Waals surface area contributed by atoms with Crippen LogP contribution in [0.15, 0.2) is 0 Å². The van der Waals surface area contributed by atoms with Crippen molar-refractivity contribution < 1.29 is 19.8 Å². The molecule has 2 N–H and O–H groups in total. The van der Waals surface area contributed by atoms with E-state index in [4.69, 9.17) is 10.2 Å². The maximum Gasteiger partial charge on any atom is 0.229 e. The van der Waals surface area contributed by atoms with Gasteiger partial charge in [-0.25, -0.2) is 0 Å². The summed E-state index contributed by atoms with van der Waals surface area (Å²) in [5.74, 6) is -1.45. The molecular weight excluding hydrogens is 184 g/mol. The van der Waals surface area contributed by atoms with Crippen LogP contribution in [0.1, 0.15) is 39.0 Å². The van der Waals surface area contributed by atoms with E-state index >= 15 is 0 Å². The predicted octanol–water partition coefficient (Wildman–Crippen LogP) is 0.448. The first-order valence-corrected chi connectivity index (χ1v) is 4.99. The highest BCUT2D eigenvalue weighted by atomic mass is 16.3. The fraction of sp³-hybridized carbons (Fsp3) is 0.800. The number of carbonyl (C=O) groups excluding carboxylic acids is 2. The summed E-state index contributed by atoms with van der Waals surface area (Å²) in [6, 6.07) is 0. The van der Waals surface area contributed by atoms with Crippen molar-refractivity contribution in [2.24, 2.45) is 0 Å². The number of ketones is 2. The third-order valence-corrected chi connectivity index (χ3v) is 2.01. The second-order valence-electron chi connectivity index (χ2n) is 3.30. The van der Waals surface area contributed by atoms with Crippen molar-refractivity contribution in [1.82, 2.24) is 0 Å². The van der Waals surface area contributed by atoms with Gasteiger partial charge in [0, 0.05) is 6.42 Å². The Balaban J connectivity index is 3.68. The summed E-state index contributed by atoms with van der Waals surface area (Å²) in [5, 5.41) is 17.3. The van der Waals surface area contributed by atoms with E-state index in [0.717, 1.165) is 19.3 Å². The van der Waals surface area contributed by atoms with Crippen LogP contribution in [0, 0.1) is 0 Å². The summed E-state index contributed by atoms with van der Waals surface area (Å²) >= 11 is 0. The van der Waals surface area contributed by atoms with E-state index in [0.29, 0.717) is 6.42 Å². The minimum absolute atomic E-state index is 0.176. The highest BCUT2D eigenvalue weighted by Gasteiger charge is 2.21. The highest BCUT2D eigenvalue weighted by molar-refractivity contribution is 6.38. The van der Waals surface area contributed by atoms with Crippen LogP contribution < -0.4 is 0 Å². The zero-order valence-electron chi connectivity index (χ0n) is 8.53. The van der Waals surface area contributed by atoms with Crippen molar-refractivity contribution in [3.63, 3.8) is 0 Å². The number of hydrogen-bond donors (Lipinski definition) is 2. The van der Waals surface area contributed by atoms with Gasteiger partial charge in [0.2, 0.25) is 11.6 Å². The van der Waals surface area contributed by atoms with Gasteiger partial charge < -0.3 is 10.2 Å². The second kappa shape index (κ2) is 7.64. The number of hydrogen-bond acceptors (Lipinski definition) is 4. The average Bonchev–Trinajstić information content (AvgIpc) is 2.21. The monoisotopic (exact) mass is 202 g/mol. The van der Waals surface area contributed by atoms with Crippen LogP contribution in [0.25, 0.3) is 0 Å². The molecule has 0 aliphatic carbocycles. The number of aliphatic hydroxyl groups excluding tert-OH is 2. The average molecular weight is 202 g/mol. The molecule has 4 heteroatoms. The topological polar surface area (TPSA) is 74.6 Å². The molecule has 0 saturated carbocycles. The van der Waals surface area contributed by atoms with Gasteiger partial charge in [0.05, 0.1) is 6.61 Å². The predicted molar refractivity (Wildman–Crippen MR) is 51.9 cm³/mol. The number of Topliss-reactive ketones (excluding diaryl/α,β-unsaturated/α-hetero) is 2. The van der Waals surface area contributed by atoms with Crippen LogP contribution in [0.5, 0.6) is 0 Å². The molecule has 4 nitrogen and oxygen atoms in total. The van der Waals surface area contributed by atoms with Crippen LogP contribution in [0.3, 0.4) is 0 Å². The third-order valence-electron chi connectivity index (χ3n) is 2.01. The fourth-order valence-electron chi connectivity index (χ4n) is 1.10. The molecule has 0 spiro atoms. The van der Waals surface area contributed by atoms with Crippen LogP contribution in [0.4, 0.5) is 0 Å². The van der Waals surface area contributed by atoms with Gasteiger partial charge in [-0.05, 0) is 6.42 Å². The minimum Gasteiger partial charge on any atom is -0.393 e. The van der Waals surface area contributed by atoms with Crippen molar-refractivity contribution in [2.75, 3.05) is 6.61 Å². The summed E-state index contributed by atoms with van der Waals surface area (Å²) in [4.78, 5) is 22.1. The molecule has 82 valence electrons. The number of aliphatic hydroxyl groups is 2. The standard InChI is InChI=1S/C10H18O4/c1-2-3-4-5-6-8(12)10(14)9(13)7-11/h9,11,13H,2-7H2,1H3/t9-/m0/s1. The van der Waals surface area contributed by atoms with Crippen molar-refractivity contribution in [3.05, 3.63) is 0 Å². The Morgan fingerprint density at radius 3 is 2.36 bits per heavy atom. The first kappa shape index (κ1) is 13.3. The van der Waals surface area contributed by atoms with Crippen LogP contribution >= 0.6 is 0 Å². The van der Waals surface area contributed by atoms with Gasteiger partial charge in [0.1, 0.15) is 6.10 Å².